The second kappa shape index (κ2) is 7.85. The van der Waals surface area contributed by atoms with Gasteiger partial charge in [0.05, 0.1) is 13.4 Å². The molecule has 0 unspecified atom stereocenters. The maximum Gasteiger partial charge on any atom is 0.864 e. The highest BCUT2D eigenvalue weighted by Crippen LogP contribution is 2.53. The van der Waals surface area contributed by atoms with Crippen molar-refractivity contribution in [3.63, 3.8) is 0 Å². The summed E-state index contributed by atoms with van der Waals surface area (Å²) >= 11 is 21.8. The smallest absolute Gasteiger partial charge is 0.488 e. The van der Waals surface area contributed by atoms with Crippen molar-refractivity contribution in [3.05, 3.63) is 79.9 Å². The maximum atomic E-state index is 6.20. The van der Waals surface area contributed by atoms with Crippen molar-refractivity contribution in [2.45, 2.75) is 5.92 Å². The van der Waals surface area contributed by atoms with Crippen LogP contribution in [0.1, 0.15) is 22.6 Å². The lowest BCUT2D eigenvalue weighted by atomic mass is 9.82. The number of rotatable bonds is 0. The van der Waals surface area contributed by atoms with E-state index in [1.807, 2.05) is 18.2 Å². The van der Waals surface area contributed by atoms with E-state index in [9.17, 15) is 0 Å². The quantitative estimate of drug-likeness (QED) is 0.215. The van der Waals surface area contributed by atoms with Crippen LogP contribution in [-0.4, -0.2) is 7.32 Å². The Hall–Kier alpha value is 0.00494. The normalized spacial score (nSPS) is 14.5. The van der Waals surface area contributed by atoms with Crippen LogP contribution < -0.4 is 14.0 Å². The van der Waals surface area contributed by atoms with Crippen molar-refractivity contribution in [1.29, 1.82) is 0 Å². The average Bonchev–Trinajstić information content (AvgIpc) is 2.59. The molecule has 0 aliphatic carbocycles. The fraction of sp³-hybridized carbons (Fsp3) is 0.0526. The van der Waals surface area contributed by atoms with Crippen molar-refractivity contribution in [2.24, 2.45) is 0 Å². The Kier molecular flexibility index (Phi) is 5.65. The molecule has 3 heterocycles. The average molecular weight is 773 g/mol. The minimum atomic E-state index is -0.972. The van der Waals surface area contributed by atoms with E-state index < -0.39 is 7.32 Å². The van der Waals surface area contributed by atoms with Gasteiger partial charge < -0.3 is 14.0 Å². The van der Waals surface area contributed by atoms with Crippen molar-refractivity contribution < 1.29 is 14.0 Å². The Morgan fingerprint density at radius 1 is 0.517 bits per heavy atom. The first-order valence-corrected chi connectivity index (χ1v) is 13.0. The van der Waals surface area contributed by atoms with Gasteiger partial charge >= 0.3 is 7.32 Å². The molecule has 0 amide bonds. The van der Waals surface area contributed by atoms with E-state index in [1.54, 1.807) is 0 Å². The second-order valence-corrected chi connectivity index (χ2v) is 11.8. The fourth-order valence-corrected chi connectivity index (χ4v) is 7.68. The lowest BCUT2D eigenvalue weighted by Crippen LogP contribution is -2.41. The molecule has 0 radical (unpaired) electrons. The number of benzene rings is 3. The summed E-state index contributed by atoms with van der Waals surface area (Å²) in [4.78, 5) is 0. The Bertz CT molecular complexity index is 1040. The molecule has 0 saturated carbocycles. The summed E-state index contributed by atoms with van der Waals surface area (Å²) in [6.45, 7) is 0. The van der Waals surface area contributed by atoms with Crippen molar-refractivity contribution in [1.82, 2.24) is 0 Å². The Balaban J connectivity index is 1.95. The second-order valence-electron chi connectivity index (χ2n) is 6.49. The minimum Gasteiger partial charge on any atom is -0.488 e. The highest BCUT2D eigenvalue weighted by molar-refractivity contribution is 9.11. The molecule has 0 spiro atoms. The lowest BCUT2D eigenvalue weighted by Gasteiger charge is -2.34. The monoisotopic (exact) mass is 768 g/mol. The van der Waals surface area contributed by atoms with E-state index in [0.717, 1.165) is 43.5 Å². The maximum absolute atomic E-state index is 6.20. The van der Waals surface area contributed by atoms with Gasteiger partial charge in [0.1, 0.15) is 17.2 Å². The van der Waals surface area contributed by atoms with Crippen LogP contribution in [0.5, 0.6) is 17.2 Å². The molecule has 3 aromatic carbocycles. The van der Waals surface area contributed by atoms with Crippen molar-refractivity contribution in [2.75, 3.05) is 0 Å². The zero-order valence-corrected chi connectivity index (χ0v) is 23.6. The highest BCUT2D eigenvalue weighted by Gasteiger charge is 2.43. The first kappa shape index (κ1) is 20.9. The molecule has 29 heavy (non-hydrogen) atoms. The van der Waals surface area contributed by atoms with Crippen LogP contribution in [0.3, 0.4) is 0 Å². The zero-order valence-electron chi connectivity index (χ0n) is 14.1. The molecule has 3 aromatic rings. The Labute approximate surface area is 217 Å². The van der Waals surface area contributed by atoms with E-state index in [0.29, 0.717) is 17.2 Å². The number of hydrogen-bond donors (Lipinski definition) is 0. The van der Waals surface area contributed by atoms with E-state index in [-0.39, 0.29) is 5.92 Å². The summed E-state index contributed by atoms with van der Waals surface area (Å²) in [5, 5.41) is 0. The van der Waals surface area contributed by atoms with Crippen LogP contribution >= 0.6 is 95.6 Å². The molecule has 0 saturated heterocycles. The molecule has 0 aromatic heterocycles. The predicted octanol–water partition coefficient (Wildman–Crippen LogP) is 8.59. The van der Waals surface area contributed by atoms with Gasteiger partial charge in [-0.05, 0) is 84.2 Å². The van der Waals surface area contributed by atoms with Gasteiger partial charge in [0.15, 0.2) is 0 Å². The summed E-state index contributed by atoms with van der Waals surface area (Å²) in [5.74, 6) is 1.86. The summed E-state index contributed by atoms with van der Waals surface area (Å²) in [6.07, 6.45) is 0. The molecule has 3 aliphatic heterocycles. The zero-order chi connectivity index (χ0) is 20.4. The van der Waals surface area contributed by atoms with Crippen LogP contribution in [-0.2, 0) is 0 Å². The van der Waals surface area contributed by atoms with Crippen LogP contribution in [0.4, 0.5) is 0 Å². The van der Waals surface area contributed by atoms with Crippen LogP contribution in [0.2, 0.25) is 0 Å². The molecule has 3 aliphatic rings. The van der Waals surface area contributed by atoms with Gasteiger partial charge in [-0.1, -0.05) is 47.8 Å². The fourth-order valence-electron chi connectivity index (χ4n) is 3.62. The SMILES string of the molecule is Brc1cc(Br)c2c(c1)C1c3cc(Br)cc(Br)c3OB(O2)Oc2c(Br)cc(Br)cc21. The molecule has 10 heteroatoms. The van der Waals surface area contributed by atoms with Crippen molar-refractivity contribution >= 4 is 103 Å². The standard InChI is InChI=1S/C19H7BBr6O3/c21-7-1-10-16-11-2-8(22)5-14(25)18(11)28-20(27-17(10)13(24)4-7)29-19-12(16)3-9(23)6-15(19)26/h1-6,16H. The molecule has 2 bridgehead atoms. The van der Waals surface area contributed by atoms with Gasteiger partial charge in [0, 0.05) is 36.0 Å². The van der Waals surface area contributed by atoms with Crippen molar-refractivity contribution in [3.8, 4) is 17.2 Å². The molecule has 0 atom stereocenters. The first-order valence-electron chi connectivity index (χ1n) is 8.28. The lowest BCUT2D eigenvalue weighted by molar-refractivity contribution is 0.290. The third kappa shape index (κ3) is 3.65. The summed E-state index contributed by atoms with van der Waals surface area (Å²) in [5.41, 5.74) is 3.00. The van der Waals surface area contributed by atoms with E-state index in [4.69, 9.17) is 14.0 Å². The van der Waals surface area contributed by atoms with Gasteiger partial charge in [-0.2, -0.15) is 0 Å². The van der Waals surface area contributed by atoms with E-state index in [1.165, 1.54) is 0 Å². The third-order valence-corrected chi connectivity index (χ3v) is 7.83. The minimum absolute atomic E-state index is 0.201. The Morgan fingerprint density at radius 3 is 1.14 bits per heavy atom. The Morgan fingerprint density at radius 2 is 0.828 bits per heavy atom. The largest absolute Gasteiger partial charge is 0.864 e. The molecule has 0 fully saturated rings. The van der Waals surface area contributed by atoms with Gasteiger partial charge in [-0.25, -0.2) is 0 Å². The predicted molar refractivity (Wildman–Crippen MR) is 134 cm³/mol. The van der Waals surface area contributed by atoms with Gasteiger partial charge in [-0.15, -0.1) is 0 Å². The van der Waals surface area contributed by atoms with E-state index in [2.05, 4.69) is 114 Å². The molecule has 0 N–H and O–H groups in total. The topological polar surface area (TPSA) is 27.7 Å². The van der Waals surface area contributed by atoms with Gasteiger partial charge in [-0.3, -0.25) is 0 Å². The van der Waals surface area contributed by atoms with Gasteiger partial charge in [0.25, 0.3) is 0 Å². The summed E-state index contributed by atoms with van der Waals surface area (Å²) in [6, 6.07) is 12.1. The summed E-state index contributed by atoms with van der Waals surface area (Å²) in [7, 11) is -0.972. The molecule has 6 rings (SSSR count). The summed E-state index contributed by atoms with van der Waals surface area (Å²) < 4.78 is 23.9. The van der Waals surface area contributed by atoms with Gasteiger partial charge in [0.2, 0.25) is 0 Å². The first-order chi connectivity index (χ1) is 13.8. The third-order valence-electron chi connectivity index (χ3n) is 4.69. The van der Waals surface area contributed by atoms with Crippen LogP contribution in [0.15, 0.2) is 63.2 Å². The molecular formula is C19H7BBr6O3. The van der Waals surface area contributed by atoms with E-state index >= 15 is 0 Å². The highest BCUT2D eigenvalue weighted by atomic mass is 79.9. The molecule has 3 nitrogen and oxygen atoms in total. The number of hydrogen-bond acceptors (Lipinski definition) is 3. The molecular weight excluding hydrogens is 766 g/mol. The van der Waals surface area contributed by atoms with Crippen LogP contribution in [0.25, 0.3) is 0 Å². The van der Waals surface area contributed by atoms with Crippen LogP contribution in [0, 0.1) is 0 Å². The number of halogens is 6. The molecule has 146 valence electrons.